The van der Waals surface area contributed by atoms with Gasteiger partial charge in [0.15, 0.2) is 0 Å². The van der Waals surface area contributed by atoms with Gasteiger partial charge in [-0.1, -0.05) is 18.2 Å². The smallest absolute Gasteiger partial charge is 0.0294 e. The number of hydrogen-bond donors (Lipinski definition) is 1. The van der Waals surface area contributed by atoms with Crippen LogP contribution in [0.4, 0.5) is 0 Å². The van der Waals surface area contributed by atoms with E-state index in [4.69, 9.17) is 0 Å². The predicted molar refractivity (Wildman–Crippen MR) is 53.4 cm³/mol. The van der Waals surface area contributed by atoms with Crippen molar-refractivity contribution >= 4 is 0 Å². The second-order valence-electron chi connectivity index (χ2n) is 3.32. The molecule has 0 saturated carbocycles. The molecule has 1 atom stereocenters. The van der Waals surface area contributed by atoms with E-state index in [1.165, 1.54) is 16.7 Å². The molecule has 0 radical (unpaired) electrons. The van der Waals surface area contributed by atoms with Crippen LogP contribution in [0.15, 0.2) is 18.2 Å². The van der Waals surface area contributed by atoms with Crippen molar-refractivity contribution in [3.05, 3.63) is 34.9 Å². The Morgan fingerprint density at radius 1 is 1.17 bits per heavy atom. The largest absolute Gasteiger partial charge is 0.313 e. The third-order valence-electron chi connectivity index (χ3n) is 2.41. The van der Waals surface area contributed by atoms with Gasteiger partial charge in [0.25, 0.3) is 0 Å². The molecule has 0 saturated heterocycles. The van der Waals surface area contributed by atoms with Crippen molar-refractivity contribution in [3.63, 3.8) is 0 Å². The number of hydrogen-bond acceptors (Lipinski definition) is 1. The molecular weight excluding hydrogens is 146 g/mol. The van der Waals surface area contributed by atoms with E-state index in [2.05, 4.69) is 44.3 Å². The van der Waals surface area contributed by atoms with Gasteiger partial charge in [-0.2, -0.15) is 0 Å². The molecule has 1 nitrogen and oxygen atoms in total. The maximum atomic E-state index is 3.26. The standard InChI is InChI=1S/C11H17N/c1-8-6-5-7-9(2)11(8)10(3)12-4/h5-7,10,12H,1-4H3/t10-/m1/s1. The van der Waals surface area contributed by atoms with Crippen LogP contribution in [0.1, 0.15) is 29.7 Å². The summed E-state index contributed by atoms with van der Waals surface area (Å²) >= 11 is 0. The minimum absolute atomic E-state index is 0.450. The molecule has 0 spiro atoms. The maximum Gasteiger partial charge on any atom is 0.0294 e. The molecule has 0 amide bonds. The molecule has 0 aromatic heterocycles. The molecule has 0 fully saturated rings. The highest BCUT2D eigenvalue weighted by molar-refractivity contribution is 5.35. The highest BCUT2D eigenvalue weighted by Gasteiger charge is 2.07. The lowest BCUT2D eigenvalue weighted by molar-refractivity contribution is 0.644. The first-order chi connectivity index (χ1) is 5.66. The summed E-state index contributed by atoms with van der Waals surface area (Å²) in [6.45, 7) is 6.52. The molecular formula is C11H17N. The Bertz CT molecular complexity index is 245. The Kier molecular flexibility index (Phi) is 2.88. The average Bonchev–Trinajstić information content (AvgIpc) is 2.03. The zero-order valence-electron chi connectivity index (χ0n) is 8.31. The first kappa shape index (κ1) is 9.27. The summed E-state index contributed by atoms with van der Waals surface area (Å²) in [4.78, 5) is 0. The molecule has 66 valence electrons. The summed E-state index contributed by atoms with van der Waals surface area (Å²) in [7, 11) is 2.00. The van der Waals surface area contributed by atoms with Crippen LogP contribution in [0.25, 0.3) is 0 Å². The van der Waals surface area contributed by atoms with Crippen LogP contribution in [-0.4, -0.2) is 7.05 Å². The van der Waals surface area contributed by atoms with Crippen molar-refractivity contribution in [1.29, 1.82) is 0 Å². The van der Waals surface area contributed by atoms with Gasteiger partial charge in [-0.3, -0.25) is 0 Å². The van der Waals surface area contributed by atoms with E-state index in [0.29, 0.717) is 6.04 Å². The van der Waals surface area contributed by atoms with Gasteiger partial charge >= 0.3 is 0 Å². The zero-order chi connectivity index (χ0) is 9.14. The second kappa shape index (κ2) is 3.72. The number of benzene rings is 1. The predicted octanol–water partition coefficient (Wildman–Crippen LogP) is 2.58. The van der Waals surface area contributed by atoms with Crippen LogP contribution in [0.3, 0.4) is 0 Å². The van der Waals surface area contributed by atoms with Crippen LogP contribution >= 0.6 is 0 Å². The highest BCUT2D eigenvalue weighted by atomic mass is 14.9. The van der Waals surface area contributed by atoms with Gasteiger partial charge in [0.1, 0.15) is 0 Å². The fraction of sp³-hybridized carbons (Fsp3) is 0.455. The Hall–Kier alpha value is -0.820. The van der Waals surface area contributed by atoms with Crippen molar-refractivity contribution in [3.8, 4) is 0 Å². The summed E-state index contributed by atoms with van der Waals surface area (Å²) in [6.07, 6.45) is 0. The van der Waals surface area contributed by atoms with Crippen LogP contribution in [0.2, 0.25) is 0 Å². The first-order valence-corrected chi connectivity index (χ1v) is 4.40. The Labute approximate surface area is 74.8 Å². The van der Waals surface area contributed by atoms with E-state index < -0.39 is 0 Å². The maximum absolute atomic E-state index is 3.26. The molecule has 0 aliphatic rings. The van der Waals surface area contributed by atoms with Gasteiger partial charge in [-0.05, 0) is 44.5 Å². The van der Waals surface area contributed by atoms with Gasteiger partial charge in [0.2, 0.25) is 0 Å². The van der Waals surface area contributed by atoms with Gasteiger partial charge in [0.05, 0.1) is 0 Å². The highest BCUT2D eigenvalue weighted by Crippen LogP contribution is 2.20. The summed E-state index contributed by atoms with van der Waals surface area (Å²) in [6, 6.07) is 6.88. The average molecular weight is 163 g/mol. The topological polar surface area (TPSA) is 12.0 Å². The van der Waals surface area contributed by atoms with E-state index in [0.717, 1.165) is 0 Å². The summed E-state index contributed by atoms with van der Waals surface area (Å²) < 4.78 is 0. The molecule has 1 heteroatoms. The van der Waals surface area contributed by atoms with Crippen molar-refractivity contribution in [1.82, 2.24) is 5.32 Å². The molecule has 1 rings (SSSR count). The molecule has 1 N–H and O–H groups in total. The molecule has 0 unspecified atom stereocenters. The zero-order valence-corrected chi connectivity index (χ0v) is 8.31. The summed E-state index contributed by atoms with van der Waals surface area (Å²) in [5.41, 5.74) is 4.17. The molecule has 0 bridgehead atoms. The van der Waals surface area contributed by atoms with Crippen molar-refractivity contribution in [2.75, 3.05) is 7.05 Å². The van der Waals surface area contributed by atoms with Crippen molar-refractivity contribution < 1.29 is 0 Å². The lowest BCUT2D eigenvalue weighted by atomic mass is 9.97. The number of rotatable bonds is 2. The fourth-order valence-electron chi connectivity index (χ4n) is 1.65. The van der Waals surface area contributed by atoms with Gasteiger partial charge in [0, 0.05) is 6.04 Å². The van der Waals surface area contributed by atoms with E-state index in [9.17, 15) is 0 Å². The van der Waals surface area contributed by atoms with E-state index in [1.54, 1.807) is 0 Å². The van der Waals surface area contributed by atoms with Crippen LogP contribution < -0.4 is 5.32 Å². The first-order valence-electron chi connectivity index (χ1n) is 4.40. The third-order valence-corrected chi connectivity index (χ3v) is 2.41. The van der Waals surface area contributed by atoms with Crippen LogP contribution in [-0.2, 0) is 0 Å². The quantitative estimate of drug-likeness (QED) is 0.706. The molecule has 1 aromatic rings. The molecule has 0 aliphatic carbocycles. The lowest BCUT2D eigenvalue weighted by Crippen LogP contribution is -2.14. The third kappa shape index (κ3) is 1.67. The SMILES string of the molecule is CN[C@H](C)c1c(C)cccc1C. The summed E-state index contributed by atoms with van der Waals surface area (Å²) in [5, 5.41) is 3.26. The Morgan fingerprint density at radius 3 is 2.08 bits per heavy atom. The normalized spacial score (nSPS) is 13.0. The minimum atomic E-state index is 0.450. The number of nitrogens with one attached hydrogen (secondary N) is 1. The van der Waals surface area contributed by atoms with Crippen molar-refractivity contribution in [2.24, 2.45) is 0 Å². The molecule has 12 heavy (non-hydrogen) atoms. The summed E-state index contributed by atoms with van der Waals surface area (Å²) in [5.74, 6) is 0. The van der Waals surface area contributed by atoms with Crippen LogP contribution in [0.5, 0.6) is 0 Å². The van der Waals surface area contributed by atoms with Gasteiger partial charge in [-0.15, -0.1) is 0 Å². The van der Waals surface area contributed by atoms with E-state index in [-0.39, 0.29) is 0 Å². The minimum Gasteiger partial charge on any atom is -0.313 e. The monoisotopic (exact) mass is 163 g/mol. The molecule has 0 aliphatic heterocycles. The van der Waals surface area contributed by atoms with E-state index >= 15 is 0 Å². The number of aryl methyl sites for hydroxylation is 2. The molecule has 1 aromatic carbocycles. The Morgan fingerprint density at radius 2 is 1.67 bits per heavy atom. The lowest BCUT2D eigenvalue weighted by Gasteiger charge is -2.16. The van der Waals surface area contributed by atoms with Gasteiger partial charge < -0.3 is 5.32 Å². The van der Waals surface area contributed by atoms with Crippen molar-refractivity contribution in [2.45, 2.75) is 26.8 Å². The molecule has 0 heterocycles. The van der Waals surface area contributed by atoms with Crippen LogP contribution in [0, 0.1) is 13.8 Å². The fourth-order valence-corrected chi connectivity index (χ4v) is 1.65. The van der Waals surface area contributed by atoms with Gasteiger partial charge in [-0.25, -0.2) is 0 Å². The Balaban J connectivity index is 3.12. The second-order valence-corrected chi connectivity index (χ2v) is 3.32. The van der Waals surface area contributed by atoms with E-state index in [1.807, 2.05) is 7.05 Å².